The number of ether oxygens (including phenoxy) is 1. The minimum atomic E-state index is -4.44. The lowest BCUT2D eigenvalue weighted by atomic mass is 9.98. The number of hydrogen-bond acceptors (Lipinski definition) is 4. The van der Waals surface area contributed by atoms with E-state index in [2.05, 4.69) is 5.32 Å². The number of carbonyl (C=O) groups is 2. The van der Waals surface area contributed by atoms with Crippen LogP contribution >= 0.6 is 0 Å². The molecule has 2 aromatic carbocycles. The summed E-state index contributed by atoms with van der Waals surface area (Å²) in [6, 6.07) is 14.1. The molecule has 1 amide bonds. The summed E-state index contributed by atoms with van der Waals surface area (Å²) in [4.78, 5) is 24.2. The van der Waals surface area contributed by atoms with Crippen LogP contribution in [0.4, 0.5) is 13.2 Å². The average Bonchev–Trinajstić information content (AvgIpc) is 3.23. The van der Waals surface area contributed by atoms with Crippen molar-refractivity contribution in [1.82, 2.24) is 5.32 Å². The fourth-order valence-corrected chi connectivity index (χ4v) is 2.61. The van der Waals surface area contributed by atoms with Crippen molar-refractivity contribution in [3.05, 3.63) is 83.8 Å². The number of carbonyl (C=O) groups excluding carboxylic acids is 2. The number of esters is 1. The van der Waals surface area contributed by atoms with Gasteiger partial charge >= 0.3 is 12.1 Å². The zero-order chi connectivity index (χ0) is 20.9. The van der Waals surface area contributed by atoms with Crippen LogP contribution in [0.5, 0.6) is 0 Å². The second-order valence-corrected chi connectivity index (χ2v) is 6.05. The molecule has 0 fully saturated rings. The third-order valence-electron chi connectivity index (χ3n) is 4.04. The standard InChI is InChI=1S/C21H16F3NO4/c22-21(23,24)15-9-7-14(8-10-15)17-5-1-2-6-18(17)20(27)29-13-19(26)25-12-16-4-3-11-28-16/h1-11H,12-13H2,(H,25,26). The first-order chi connectivity index (χ1) is 13.8. The van der Waals surface area contributed by atoms with Gasteiger partial charge < -0.3 is 14.5 Å². The Kier molecular flexibility index (Phi) is 6.01. The number of alkyl halides is 3. The van der Waals surface area contributed by atoms with Gasteiger partial charge in [-0.2, -0.15) is 13.2 Å². The van der Waals surface area contributed by atoms with Gasteiger partial charge in [-0.1, -0.05) is 30.3 Å². The number of halogens is 3. The van der Waals surface area contributed by atoms with Crippen LogP contribution in [0.15, 0.2) is 71.3 Å². The first-order valence-electron chi connectivity index (χ1n) is 8.57. The van der Waals surface area contributed by atoms with Crippen molar-refractivity contribution in [2.75, 3.05) is 6.61 Å². The van der Waals surface area contributed by atoms with Gasteiger partial charge in [0.05, 0.1) is 23.9 Å². The molecule has 1 N–H and O–H groups in total. The van der Waals surface area contributed by atoms with Crippen LogP contribution in [0.2, 0.25) is 0 Å². The van der Waals surface area contributed by atoms with Crippen LogP contribution in [-0.2, 0) is 22.3 Å². The molecule has 0 spiro atoms. The fourth-order valence-electron chi connectivity index (χ4n) is 2.61. The van der Waals surface area contributed by atoms with Gasteiger partial charge in [0.1, 0.15) is 5.76 Å². The maximum absolute atomic E-state index is 12.7. The Labute approximate surface area is 164 Å². The topological polar surface area (TPSA) is 68.5 Å². The highest BCUT2D eigenvalue weighted by molar-refractivity contribution is 5.98. The second-order valence-electron chi connectivity index (χ2n) is 6.05. The van der Waals surface area contributed by atoms with Crippen LogP contribution in [0, 0.1) is 0 Å². The monoisotopic (exact) mass is 403 g/mol. The number of amides is 1. The molecule has 3 aromatic rings. The summed E-state index contributed by atoms with van der Waals surface area (Å²) in [5.74, 6) is -0.715. The molecule has 3 rings (SSSR count). The van der Waals surface area contributed by atoms with Gasteiger partial charge in [-0.25, -0.2) is 4.79 Å². The van der Waals surface area contributed by atoms with Crippen molar-refractivity contribution in [1.29, 1.82) is 0 Å². The number of rotatable bonds is 6. The highest BCUT2D eigenvalue weighted by Crippen LogP contribution is 2.32. The summed E-state index contributed by atoms with van der Waals surface area (Å²) >= 11 is 0. The van der Waals surface area contributed by atoms with E-state index in [0.29, 0.717) is 16.9 Å². The van der Waals surface area contributed by atoms with Crippen LogP contribution in [-0.4, -0.2) is 18.5 Å². The van der Waals surface area contributed by atoms with E-state index in [1.165, 1.54) is 24.5 Å². The first kappa shape index (κ1) is 20.2. The van der Waals surface area contributed by atoms with E-state index in [9.17, 15) is 22.8 Å². The Morgan fingerprint density at radius 3 is 2.34 bits per heavy atom. The molecule has 0 radical (unpaired) electrons. The van der Waals surface area contributed by atoms with Gasteiger partial charge in [-0.3, -0.25) is 4.79 Å². The molecule has 5 nitrogen and oxygen atoms in total. The summed E-state index contributed by atoms with van der Waals surface area (Å²) in [6.07, 6.45) is -2.97. The zero-order valence-electron chi connectivity index (χ0n) is 15.0. The van der Waals surface area contributed by atoms with E-state index >= 15 is 0 Å². The summed E-state index contributed by atoms with van der Waals surface area (Å²) in [5.41, 5.74) is 0.190. The highest BCUT2D eigenvalue weighted by Gasteiger charge is 2.30. The van der Waals surface area contributed by atoms with Gasteiger partial charge in [-0.15, -0.1) is 0 Å². The van der Waals surface area contributed by atoms with Crippen molar-refractivity contribution in [3.63, 3.8) is 0 Å². The predicted octanol–water partition coefficient (Wildman–Crippen LogP) is 4.44. The lowest BCUT2D eigenvalue weighted by molar-refractivity contribution is -0.137. The van der Waals surface area contributed by atoms with Crippen LogP contribution in [0.1, 0.15) is 21.7 Å². The number of nitrogens with one attached hydrogen (secondary N) is 1. The van der Waals surface area contributed by atoms with Gasteiger partial charge in [0.25, 0.3) is 5.91 Å². The minimum Gasteiger partial charge on any atom is -0.467 e. The molecular formula is C21H16F3NO4. The quantitative estimate of drug-likeness (QED) is 0.618. The Hall–Kier alpha value is -3.55. The molecule has 1 heterocycles. The third-order valence-corrected chi connectivity index (χ3v) is 4.04. The van der Waals surface area contributed by atoms with Crippen molar-refractivity contribution in [2.24, 2.45) is 0 Å². The summed E-state index contributed by atoms with van der Waals surface area (Å²) < 4.78 is 48.3. The molecular weight excluding hydrogens is 387 g/mol. The van der Waals surface area contributed by atoms with E-state index in [1.807, 2.05) is 0 Å². The maximum Gasteiger partial charge on any atom is 0.416 e. The van der Waals surface area contributed by atoms with Gasteiger partial charge in [-0.05, 0) is 41.5 Å². The Morgan fingerprint density at radius 2 is 1.69 bits per heavy atom. The fraction of sp³-hybridized carbons (Fsp3) is 0.143. The maximum atomic E-state index is 12.7. The van der Waals surface area contributed by atoms with Gasteiger partial charge in [0.2, 0.25) is 0 Å². The van der Waals surface area contributed by atoms with Crippen molar-refractivity contribution < 1.29 is 31.9 Å². The third kappa shape index (κ3) is 5.25. The lowest BCUT2D eigenvalue weighted by Crippen LogP contribution is -2.28. The molecule has 150 valence electrons. The van der Waals surface area contributed by atoms with Gasteiger partial charge in [0.15, 0.2) is 6.61 Å². The minimum absolute atomic E-state index is 0.145. The lowest BCUT2D eigenvalue weighted by Gasteiger charge is -2.11. The number of furan rings is 1. The molecule has 0 aliphatic carbocycles. The molecule has 29 heavy (non-hydrogen) atoms. The Bertz CT molecular complexity index is 980. The van der Waals surface area contributed by atoms with E-state index in [-0.39, 0.29) is 12.1 Å². The summed E-state index contributed by atoms with van der Waals surface area (Å²) in [6.45, 7) is -0.341. The predicted molar refractivity (Wildman–Crippen MR) is 97.7 cm³/mol. The van der Waals surface area contributed by atoms with E-state index in [4.69, 9.17) is 9.15 Å². The molecule has 0 aliphatic rings. The van der Waals surface area contributed by atoms with Gasteiger partial charge in [0, 0.05) is 0 Å². The molecule has 0 unspecified atom stereocenters. The second kappa shape index (κ2) is 8.64. The zero-order valence-corrected chi connectivity index (χ0v) is 15.0. The van der Waals surface area contributed by atoms with Crippen molar-refractivity contribution >= 4 is 11.9 Å². The van der Waals surface area contributed by atoms with E-state index < -0.39 is 30.2 Å². The van der Waals surface area contributed by atoms with Crippen LogP contribution in [0.3, 0.4) is 0 Å². The SMILES string of the molecule is O=C(COC(=O)c1ccccc1-c1ccc(C(F)(F)F)cc1)NCc1ccco1. The van der Waals surface area contributed by atoms with E-state index in [0.717, 1.165) is 12.1 Å². The average molecular weight is 403 g/mol. The largest absolute Gasteiger partial charge is 0.467 e. The van der Waals surface area contributed by atoms with Crippen LogP contribution in [0.25, 0.3) is 11.1 Å². The first-order valence-corrected chi connectivity index (χ1v) is 8.57. The van der Waals surface area contributed by atoms with E-state index in [1.54, 1.807) is 30.3 Å². The number of benzene rings is 2. The van der Waals surface area contributed by atoms with Crippen LogP contribution < -0.4 is 5.32 Å². The molecule has 0 atom stereocenters. The summed E-state index contributed by atoms with van der Waals surface area (Å²) in [7, 11) is 0. The highest BCUT2D eigenvalue weighted by atomic mass is 19.4. The smallest absolute Gasteiger partial charge is 0.416 e. The van der Waals surface area contributed by atoms with Crippen molar-refractivity contribution in [2.45, 2.75) is 12.7 Å². The molecule has 0 bridgehead atoms. The molecule has 0 saturated carbocycles. The normalized spacial score (nSPS) is 11.1. The molecule has 1 aromatic heterocycles. The summed E-state index contributed by atoms with van der Waals surface area (Å²) in [5, 5.41) is 2.54. The molecule has 0 saturated heterocycles. The number of hydrogen-bond donors (Lipinski definition) is 1. The van der Waals surface area contributed by atoms with Crippen molar-refractivity contribution in [3.8, 4) is 11.1 Å². The molecule has 0 aliphatic heterocycles. The Morgan fingerprint density at radius 1 is 0.966 bits per heavy atom. The Balaban J connectivity index is 1.66. The molecule has 8 heteroatoms.